The van der Waals surface area contributed by atoms with Crippen molar-refractivity contribution in [2.75, 3.05) is 18.6 Å². The number of aryl methyl sites for hydroxylation is 1. The maximum Gasteiger partial charge on any atom is 0.350 e. The smallest absolute Gasteiger partial charge is 0.350 e. The molecule has 188 valence electrons. The molecule has 3 heterocycles. The van der Waals surface area contributed by atoms with Crippen molar-refractivity contribution in [3.63, 3.8) is 0 Å². The summed E-state index contributed by atoms with van der Waals surface area (Å²) in [5.41, 5.74) is 0.921. The van der Waals surface area contributed by atoms with Gasteiger partial charge in [-0.3, -0.25) is 14.5 Å². The summed E-state index contributed by atoms with van der Waals surface area (Å²) < 4.78 is 10.7. The van der Waals surface area contributed by atoms with Crippen molar-refractivity contribution in [1.29, 1.82) is 0 Å². The Bertz CT molecular complexity index is 1310. The Morgan fingerprint density at radius 1 is 1.19 bits per heavy atom. The Morgan fingerprint density at radius 3 is 2.69 bits per heavy atom. The summed E-state index contributed by atoms with van der Waals surface area (Å²) in [7, 11) is 1.27. The van der Waals surface area contributed by atoms with Gasteiger partial charge in [-0.1, -0.05) is 49.3 Å². The molecule has 1 N–H and O–H groups in total. The van der Waals surface area contributed by atoms with Crippen LogP contribution >= 0.6 is 22.7 Å². The van der Waals surface area contributed by atoms with Gasteiger partial charge in [-0.05, 0) is 42.5 Å². The molecule has 0 aliphatic carbocycles. The number of thiazole rings is 1. The van der Waals surface area contributed by atoms with Crippen LogP contribution in [0.3, 0.4) is 0 Å². The van der Waals surface area contributed by atoms with Gasteiger partial charge in [0.05, 0.1) is 35.9 Å². The number of rotatable bonds is 10. The molecule has 1 aromatic carbocycles. The predicted molar refractivity (Wildman–Crippen MR) is 138 cm³/mol. The predicted octanol–water partition coefficient (Wildman–Crippen LogP) is 5.65. The fourth-order valence-electron chi connectivity index (χ4n) is 3.97. The van der Waals surface area contributed by atoms with Crippen LogP contribution in [0, 0.1) is 6.92 Å². The van der Waals surface area contributed by atoms with E-state index < -0.39 is 29.5 Å². The van der Waals surface area contributed by atoms with E-state index in [4.69, 9.17) is 9.47 Å². The number of unbranched alkanes of at least 4 members (excludes halogenated alkanes) is 2. The number of amides is 1. The summed E-state index contributed by atoms with van der Waals surface area (Å²) in [5.74, 6) is -1.83. The highest BCUT2D eigenvalue weighted by molar-refractivity contribution is 7.17. The zero-order valence-corrected chi connectivity index (χ0v) is 21.8. The Labute approximate surface area is 216 Å². The standard InChI is InChI=1S/C26H26N2O6S2/c1-4-5-6-12-34-17-10-7-9-16(14-17)20-19(21(29)18-11-8-13-35-18)22(30)24(31)28(20)26-27-15(2)23(36-26)25(32)33-3/h7-11,13-14,20,30H,4-6,12H2,1-3H3. The molecule has 0 bridgehead atoms. The van der Waals surface area contributed by atoms with Crippen LogP contribution in [0.15, 0.2) is 53.1 Å². The van der Waals surface area contributed by atoms with Gasteiger partial charge < -0.3 is 14.6 Å². The van der Waals surface area contributed by atoms with Crippen molar-refractivity contribution < 1.29 is 29.0 Å². The number of hydrogen-bond acceptors (Lipinski definition) is 9. The maximum atomic E-state index is 13.5. The number of ketones is 1. The molecule has 0 saturated carbocycles. The molecule has 1 aliphatic rings. The van der Waals surface area contributed by atoms with E-state index >= 15 is 0 Å². The van der Waals surface area contributed by atoms with Crippen molar-refractivity contribution >= 4 is 45.5 Å². The van der Waals surface area contributed by atoms with Crippen molar-refractivity contribution in [1.82, 2.24) is 4.98 Å². The van der Waals surface area contributed by atoms with Crippen LogP contribution in [-0.4, -0.2) is 41.5 Å². The number of methoxy groups -OCH3 is 1. The first-order valence-corrected chi connectivity index (χ1v) is 13.2. The van der Waals surface area contributed by atoms with Crippen molar-refractivity contribution in [2.45, 2.75) is 39.2 Å². The van der Waals surface area contributed by atoms with Crippen molar-refractivity contribution in [3.05, 3.63) is 74.1 Å². The average molecular weight is 527 g/mol. The van der Waals surface area contributed by atoms with E-state index in [1.165, 1.54) is 23.3 Å². The van der Waals surface area contributed by atoms with E-state index in [1.54, 1.807) is 42.6 Å². The van der Waals surface area contributed by atoms with Gasteiger partial charge in [0.15, 0.2) is 10.9 Å². The first-order chi connectivity index (χ1) is 17.4. The SMILES string of the molecule is CCCCCOc1cccc(C2C(C(=O)c3cccs3)=C(O)C(=O)N2c2nc(C)c(C(=O)OC)s2)c1. The fourth-order valence-corrected chi connectivity index (χ4v) is 5.66. The number of carbonyl (C=O) groups excluding carboxylic acids is 3. The molecule has 36 heavy (non-hydrogen) atoms. The summed E-state index contributed by atoms with van der Waals surface area (Å²) in [6.07, 6.45) is 3.03. The van der Waals surface area contributed by atoms with Crippen LogP contribution < -0.4 is 9.64 Å². The number of anilines is 1. The van der Waals surface area contributed by atoms with Gasteiger partial charge in [-0.2, -0.15) is 0 Å². The molecule has 2 aromatic heterocycles. The normalized spacial score (nSPS) is 15.5. The first kappa shape index (κ1) is 25.6. The molecule has 4 rings (SSSR count). The second-order valence-electron chi connectivity index (χ2n) is 8.18. The van der Waals surface area contributed by atoms with E-state index in [9.17, 15) is 19.5 Å². The minimum atomic E-state index is -0.956. The lowest BCUT2D eigenvalue weighted by molar-refractivity contribution is -0.117. The quantitative estimate of drug-likeness (QED) is 0.207. The van der Waals surface area contributed by atoms with Gasteiger partial charge in [0.25, 0.3) is 5.91 Å². The number of thiophene rings is 1. The summed E-state index contributed by atoms with van der Waals surface area (Å²) in [5, 5.41) is 12.9. The van der Waals surface area contributed by atoms with Crippen LogP contribution in [0.5, 0.6) is 5.75 Å². The lowest BCUT2D eigenvalue weighted by atomic mass is 9.95. The molecule has 1 unspecified atom stereocenters. The molecule has 1 amide bonds. The lowest BCUT2D eigenvalue weighted by Gasteiger charge is -2.24. The second kappa shape index (κ2) is 11.0. The number of Topliss-reactive ketones (excluding diaryl/α,β-unsaturated/α-hetero) is 1. The van der Waals surface area contributed by atoms with Gasteiger partial charge >= 0.3 is 5.97 Å². The van der Waals surface area contributed by atoms with Crippen molar-refractivity contribution in [3.8, 4) is 5.75 Å². The number of aromatic nitrogens is 1. The lowest BCUT2D eigenvalue weighted by Crippen LogP contribution is -2.31. The number of carbonyl (C=O) groups is 3. The first-order valence-electron chi connectivity index (χ1n) is 11.5. The third kappa shape index (κ3) is 4.91. The van der Waals surface area contributed by atoms with E-state index in [-0.39, 0.29) is 15.6 Å². The maximum absolute atomic E-state index is 13.5. The number of esters is 1. The molecular weight excluding hydrogens is 500 g/mol. The molecule has 10 heteroatoms. The summed E-state index contributed by atoms with van der Waals surface area (Å²) in [6.45, 7) is 4.29. The highest BCUT2D eigenvalue weighted by Crippen LogP contribution is 2.44. The van der Waals surface area contributed by atoms with Crippen LogP contribution in [0.25, 0.3) is 0 Å². The minimum absolute atomic E-state index is 0.0435. The molecule has 0 saturated heterocycles. The minimum Gasteiger partial charge on any atom is -0.503 e. The Kier molecular flexibility index (Phi) is 7.85. The van der Waals surface area contributed by atoms with Gasteiger partial charge in [0.1, 0.15) is 10.6 Å². The highest BCUT2D eigenvalue weighted by Gasteiger charge is 2.46. The Morgan fingerprint density at radius 2 is 2.00 bits per heavy atom. The number of nitrogens with zero attached hydrogens (tertiary/aromatic N) is 2. The van der Waals surface area contributed by atoms with E-state index in [2.05, 4.69) is 11.9 Å². The van der Waals surface area contributed by atoms with Crippen LogP contribution in [-0.2, 0) is 9.53 Å². The number of aliphatic hydroxyl groups is 1. The van der Waals surface area contributed by atoms with Crippen molar-refractivity contribution in [2.24, 2.45) is 0 Å². The molecule has 0 spiro atoms. The summed E-state index contributed by atoms with van der Waals surface area (Å²) in [6, 6.07) is 9.55. The third-order valence-corrected chi connectivity index (χ3v) is 7.76. The number of benzene rings is 1. The third-order valence-electron chi connectivity index (χ3n) is 5.75. The van der Waals surface area contributed by atoms with Gasteiger partial charge in [0, 0.05) is 0 Å². The number of ether oxygens (including phenoxy) is 2. The Hall–Kier alpha value is -3.50. The summed E-state index contributed by atoms with van der Waals surface area (Å²) in [4.78, 5) is 45.3. The average Bonchev–Trinajstić information content (AvgIpc) is 3.60. The van der Waals surface area contributed by atoms with Gasteiger partial charge in [0.2, 0.25) is 5.78 Å². The molecule has 1 aliphatic heterocycles. The highest BCUT2D eigenvalue weighted by atomic mass is 32.1. The largest absolute Gasteiger partial charge is 0.503 e. The van der Waals surface area contributed by atoms with E-state index in [0.29, 0.717) is 28.5 Å². The number of hydrogen-bond donors (Lipinski definition) is 1. The number of aliphatic hydroxyl groups excluding tert-OH is 1. The molecule has 3 aromatic rings. The van der Waals surface area contributed by atoms with Gasteiger partial charge in [-0.25, -0.2) is 9.78 Å². The fraction of sp³-hybridized carbons (Fsp3) is 0.308. The van der Waals surface area contributed by atoms with E-state index in [1.807, 2.05) is 6.07 Å². The topological polar surface area (TPSA) is 106 Å². The Balaban J connectivity index is 1.79. The summed E-state index contributed by atoms with van der Waals surface area (Å²) >= 11 is 2.19. The van der Waals surface area contributed by atoms with E-state index in [0.717, 1.165) is 30.6 Å². The molecular formula is C26H26N2O6S2. The van der Waals surface area contributed by atoms with Crippen LogP contribution in [0.1, 0.15) is 62.8 Å². The van der Waals surface area contributed by atoms with Crippen LogP contribution in [0.2, 0.25) is 0 Å². The van der Waals surface area contributed by atoms with Gasteiger partial charge in [-0.15, -0.1) is 11.3 Å². The zero-order valence-electron chi connectivity index (χ0n) is 20.1. The molecule has 1 atom stereocenters. The monoisotopic (exact) mass is 526 g/mol. The zero-order chi connectivity index (χ0) is 25.8. The second-order valence-corrected chi connectivity index (χ2v) is 10.1. The van der Waals surface area contributed by atoms with Crippen LogP contribution in [0.4, 0.5) is 5.13 Å². The molecule has 0 radical (unpaired) electrons. The molecule has 8 nitrogen and oxygen atoms in total. The molecule has 0 fully saturated rings.